The fourth-order valence-electron chi connectivity index (χ4n) is 4.24. The van der Waals surface area contributed by atoms with Gasteiger partial charge in [0.25, 0.3) is 0 Å². The van der Waals surface area contributed by atoms with Crippen molar-refractivity contribution in [2.24, 2.45) is 0 Å². The van der Waals surface area contributed by atoms with Crippen LogP contribution in [-0.2, 0) is 12.8 Å². The quantitative estimate of drug-likeness (QED) is 0.573. The third-order valence-corrected chi connectivity index (χ3v) is 5.56. The molecule has 144 valence electrons. The van der Waals surface area contributed by atoms with Gasteiger partial charge in [0.05, 0.1) is 12.8 Å². The third-order valence-electron chi connectivity index (χ3n) is 5.56. The first kappa shape index (κ1) is 18.6. The molecule has 0 unspecified atom stereocenters. The van der Waals surface area contributed by atoms with Crippen LogP contribution in [0.3, 0.4) is 0 Å². The fraction of sp³-hybridized carbons (Fsp3) is 0.333. The molecule has 2 aromatic heterocycles. The number of aromatic nitrogens is 2. The van der Waals surface area contributed by atoms with Crippen molar-refractivity contribution in [3.05, 3.63) is 64.7 Å². The van der Waals surface area contributed by atoms with E-state index >= 15 is 0 Å². The zero-order chi connectivity index (χ0) is 19.8. The number of nitrogens with zero attached hydrogens (tertiary/aromatic N) is 2. The number of ether oxygens (including phenoxy) is 1. The number of hydrogen-bond acceptors (Lipinski definition) is 3. The van der Waals surface area contributed by atoms with E-state index in [9.17, 15) is 4.39 Å². The molecule has 28 heavy (non-hydrogen) atoms. The summed E-state index contributed by atoms with van der Waals surface area (Å²) in [4.78, 5) is 9.57. The van der Waals surface area contributed by atoms with Crippen molar-refractivity contribution in [1.29, 1.82) is 0 Å². The topological polar surface area (TPSA) is 35.0 Å². The van der Waals surface area contributed by atoms with Gasteiger partial charge < -0.3 is 4.74 Å². The highest BCUT2D eigenvalue weighted by molar-refractivity contribution is 5.81. The first-order valence-electron chi connectivity index (χ1n) is 9.82. The van der Waals surface area contributed by atoms with Gasteiger partial charge in [0, 0.05) is 23.5 Å². The summed E-state index contributed by atoms with van der Waals surface area (Å²) in [5, 5.41) is 0. The predicted octanol–water partition coefficient (Wildman–Crippen LogP) is 5.88. The minimum Gasteiger partial charge on any atom is -0.481 e. The molecule has 0 saturated carbocycles. The summed E-state index contributed by atoms with van der Waals surface area (Å²) in [6.45, 7) is 6.47. The zero-order valence-electron chi connectivity index (χ0n) is 16.8. The lowest BCUT2D eigenvalue weighted by atomic mass is 9.88. The fourth-order valence-corrected chi connectivity index (χ4v) is 4.24. The Balaban J connectivity index is 2.03. The van der Waals surface area contributed by atoms with Gasteiger partial charge in [-0.15, -0.1) is 0 Å². The Kier molecular flexibility index (Phi) is 4.88. The van der Waals surface area contributed by atoms with Crippen molar-refractivity contribution in [2.45, 2.75) is 46.0 Å². The van der Waals surface area contributed by atoms with E-state index in [4.69, 9.17) is 9.72 Å². The number of fused-ring (bicyclic) bond motifs is 3. The number of rotatable bonds is 3. The number of halogens is 1. The first-order valence-corrected chi connectivity index (χ1v) is 9.82. The van der Waals surface area contributed by atoms with E-state index in [0.29, 0.717) is 11.8 Å². The molecule has 2 heterocycles. The maximum absolute atomic E-state index is 13.6. The Morgan fingerprint density at radius 3 is 2.54 bits per heavy atom. The summed E-state index contributed by atoms with van der Waals surface area (Å²) in [7, 11) is 1.64. The van der Waals surface area contributed by atoms with Gasteiger partial charge >= 0.3 is 0 Å². The summed E-state index contributed by atoms with van der Waals surface area (Å²) >= 11 is 0. The molecule has 0 atom stereocenters. The lowest BCUT2D eigenvalue weighted by molar-refractivity contribution is 0.397. The van der Waals surface area contributed by atoms with Gasteiger partial charge in [-0.2, -0.15) is 0 Å². The molecular formula is C24H25FN2O. The van der Waals surface area contributed by atoms with Crippen LogP contribution in [0, 0.1) is 12.7 Å². The van der Waals surface area contributed by atoms with Crippen LogP contribution in [0.25, 0.3) is 22.4 Å². The SMILES string of the molecule is COc1cc2c(cn1)-c1nc(C(C)C)c(C)c(-c3ccc(F)cc3)c1CCC2. The molecular weight excluding hydrogens is 351 g/mol. The maximum Gasteiger partial charge on any atom is 0.213 e. The Morgan fingerprint density at radius 2 is 1.86 bits per heavy atom. The van der Waals surface area contributed by atoms with Crippen LogP contribution in [0.5, 0.6) is 5.88 Å². The van der Waals surface area contributed by atoms with Gasteiger partial charge in [0.15, 0.2) is 0 Å². The van der Waals surface area contributed by atoms with Crippen LogP contribution in [0.4, 0.5) is 4.39 Å². The van der Waals surface area contributed by atoms with Crippen LogP contribution in [-0.4, -0.2) is 17.1 Å². The molecule has 0 aliphatic heterocycles. The Labute approximate surface area is 165 Å². The number of aryl methyl sites for hydroxylation is 1. The predicted molar refractivity (Wildman–Crippen MR) is 110 cm³/mol. The van der Waals surface area contributed by atoms with Crippen LogP contribution in [0.15, 0.2) is 36.5 Å². The molecule has 0 fully saturated rings. The number of benzene rings is 1. The van der Waals surface area contributed by atoms with Crippen molar-refractivity contribution in [1.82, 2.24) is 9.97 Å². The van der Waals surface area contributed by atoms with Gasteiger partial charge in [0.2, 0.25) is 5.88 Å². The molecule has 0 amide bonds. The van der Waals surface area contributed by atoms with Crippen LogP contribution in [0.1, 0.15) is 48.6 Å². The van der Waals surface area contributed by atoms with Crippen molar-refractivity contribution in [3.8, 4) is 28.3 Å². The van der Waals surface area contributed by atoms with Gasteiger partial charge in [-0.25, -0.2) is 9.37 Å². The third kappa shape index (κ3) is 3.17. The van der Waals surface area contributed by atoms with Crippen LogP contribution < -0.4 is 4.74 Å². The Hall–Kier alpha value is -2.75. The molecule has 0 bridgehead atoms. The van der Waals surface area contributed by atoms with Crippen molar-refractivity contribution < 1.29 is 9.13 Å². The average molecular weight is 376 g/mol. The summed E-state index contributed by atoms with van der Waals surface area (Å²) in [5.74, 6) is 0.715. The molecule has 3 nitrogen and oxygen atoms in total. The first-order chi connectivity index (χ1) is 13.5. The van der Waals surface area contributed by atoms with E-state index in [1.807, 2.05) is 24.4 Å². The monoisotopic (exact) mass is 376 g/mol. The number of hydrogen-bond donors (Lipinski definition) is 0. The second-order valence-corrected chi connectivity index (χ2v) is 7.72. The number of pyridine rings is 2. The van der Waals surface area contributed by atoms with Gasteiger partial charge in [-0.3, -0.25) is 4.98 Å². The second-order valence-electron chi connectivity index (χ2n) is 7.72. The lowest BCUT2D eigenvalue weighted by Gasteiger charge is -2.21. The average Bonchev–Trinajstić information content (AvgIpc) is 2.86. The summed E-state index contributed by atoms with van der Waals surface area (Å²) in [6, 6.07) is 8.85. The molecule has 3 aromatic rings. The van der Waals surface area contributed by atoms with E-state index < -0.39 is 0 Å². The zero-order valence-corrected chi connectivity index (χ0v) is 16.8. The second kappa shape index (κ2) is 7.34. The number of methoxy groups -OCH3 is 1. The van der Waals surface area contributed by atoms with E-state index in [1.165, 1.54) is 34.4 Å². The largest absolute Gasteiger partial charge is 0.481 e. The molecule has 4 heteroatoms. The Morgan fingerprint density at radius 1 is 1.11 bits per heavy atom. The van der Waals surface area contributed by atoms with E-state index in [-0.39, 0.29) is 5.82 Å². The van der Waals surface area contributed by atoms with E-state index in [2.05, 4.69) is 25.8 Å². The highest BCUT2D eigenvalue weighted by Crippen LogP contribution is 2.41. The van der Waals surface area contributed by atoms with Crippen molar-refractivity contribution in [2.75, 3.05) is 7.11 Å². The highest BCUT2D eigenvalue weighted by atomic mass is 19.1. The molecule has 0 radical (unpaired) electrons. The normalized spacial score (nSPS) is 13.1. The minimum atomic E-state index is -0.215. The molecule has 4 rings (SSSR count). The smallest absolute Gasteiger partial charge is 0.213 e. The molecule has 1 aliphatic carbocycles. The molecule has 0 N–H and O–H groups in total. The van der Waals surface area contributed by atoms with Crippen LogP contribution >= 0.6 is 0 Å². The molecule has 0 saturated heterocycles. The van der Waals surface area contributed by atoms with Crippen molar-refractivity contribution in [3.63, 3.8) is 0 Å². The molecule has 0 spiro atoms. The summed E-state index contributed by atoms with van der Waals surface area (Å²) < 4.78 is 18.9. The summed E-state index contributed by atoms with van der Waals surface area (Å²) in [6.07, 6.45) is 4.82. The highest BCUT2D eigenvalue weighted by Gasteiger charge is 2.24. The molecule has 1 aromatic carbocycles. The van der Waals surface area contributed by atoms with Crippen molar-refractivity contribution >= 4 is 0 Å². The van der Waals surface area contributed by atoms with Crippen LogP contribution in [0.2, 0.25) is 0 Å². The van der Waals surface area contributed by atoms with E-state index in [1.54, 1.807) is 7.11 Å². The standard InChI is InChI=1S/C24H25FN2O/c1-14(2)23-15(3)22(16-8-10-18(25)11-9-16)19-7-5-6-17-12-21(28-4)26-13-20(17)24(19)27-23/h8-14H,5-7H2,1-4H3. The lowest BCUT2D eigenvalue weighted by Crippen LogP contribution is -2.06. The summed E-state index contributed by atoms with van der Waals surface area (Å²) in [5.41, 5.74) is 9.06. The van der Waals surface area contributed by atoms with Gasteiger partial charge in [-0.1, -0.05) is 26.0 Å². The van der Waals surface area contributed by atoms with E-state index in [0.717, 1.165) is 41.8 Å². The molecule has 1 aliphatic rings. The minimum absolute atomic E-state index is 0.215. The Bertz CT molecular complexity index is 1030. The maximum atomic E-state index is 13.6. The van der Waals surface area contributed by atoms with Gasteiger partial charge in [0.1, 0.15) is 5.82 Å². The van der Waals surface area contributed by atoms with Gasteiger partial charge in [-0.05, 0) is 72.1 Å².